The average Bonchev–Trinajstić information content (AvgIpc) is 3.58. The predicted molar refractivity (Wildman–Crippen MR) is 133 cm³/mol. The highest BCUT2D eigenvalue weighted by Crippen LogP contribution is 2.30. The first-order chi connectivity index (χ1) is 17.1. The molecule has 36 heavy (non-hydrogen) atoms. The van der Waals surface area contributed by atoms with Crippen molar-refractivity contribution in [3.05, 3.63) is 71.9 Å². The molecule has 1 atom stereocenters. The molecule has 0 saturated heterocycles. The van der Waals surface area contributed by atoms with Crippen molar-refractivity contribution in [3.63, 3.8) is 0 Å². The van der Waals surface area contributed by atoms with Crippen LogP contribution in [0.1, 0.15) is 50.8 Å². The lowest BCUT2D eigenvalue weighted by atomic mass is 10.0. The number of hydrogen-bond donors (Lipinski definition) is 1. The summed E-state index contributed by atoms with van der Waals surface area (Å²) in [5, 5.41) is 15.3. The molecule has 10 nitrogen and oxygen atoms in total. The van der Waals surface area contributed by atoms with E-state index in [1.807, 2.05) is 52.0 Å². The van der Waals surface area contributed by atoms with E-state index in [2.05, 4.69) is 27.7 Å². The zero-order valence-electron chi connectivity index (χ0n) is 21.1. The number of aryl methyl sites for hydroxylation is 2. The molecule has 0 aliphatic heterocycles. The maximum Gasteiger partial charge on any atom is 0.251 e. The molecule has 188 valence electrons. The molecule has 2 amide bonds. The molecular weight excluding hydrogens is 460 g/mol. The van der Waals surface area contributed by atoms with E-state index in [4.69, 9.17) is 8.83 Å². The van der Waals surface area contributed by atoms with Crippen LogP contribution >= 0.6 is 0 Å². The van der Waals surface area contributed by atoms with Crippen LogP contribution in [0.2, 0.25) is 0 Å². The molecule has 0 spiro atoms. The van der Waals surface area contributed by atoms with Gasteiger partial charge >= 0.3 is 0 Å². The standard InChI is InChI=1S/C26H30N6O4/c1-6-18-10-12-19(13-11-18)32(23(20-8-7-15-35-20)25(34)27-26(3,4)5)22(33)16-31-29-24(28-30-31)21-14-9-17(2)36-21/h7-15,23H,6,16H2,1-5H3,(H,27,34)/t23-/m0/s1. The van der Waals surface area contributed by atoms with Gasteiger partial charge in [-0.05, 0) is 81.3 Å². The van der Waals surface area contributed by atoms with Crippen LogP contribution < -0.4 is 10.2 Å². The van der Waals surface area contributed by atoms with Crippen LogP contribution in [-0.4, -0.2) is 37.6 Å². The number of carbonyl (C=O) groups excluding carboxylic acids is 2. The lowest BCUT2D eigenvalue weighted by Crippen LogP contribution is -2.50. The number of furan rings is 2. The number of hydrogen-bond acceptors (Lipinski definition) is 7. The Hall–Kier alpha value is -4.21. The first kappa shape index (κ1) is 24.9. The number of aromatic nitrogens is 4. The molecule has 1 N–H and O–H groups in total. The van der Waals surface area contributed by atoms with Crippen LogP contribution in [0.4, 0.5) is 5.69 Å². The molecule has 0 aliphatic carbocycles. The van der Waals surface area contributed by atoms with E-state index in [9.17, 15) is 9.59 Å². The fourth-order valence-corrected chi connectivity index (χ4v) is 3.75. The number of rotatable bonds is 8. The van der Waals surface area contributed by atoms with Gasteiger partial charge in [0.05, 0.1) is 6.26 Å². The second-order valence-electron chi connectivity index (χ2n) is 9.49. The van der Waals surface area contributed by atoms with Crippen molar-refractivity contribution in [2.75, 3.05) is 4.90 Å². The quantitative estimate of drug-likeness (QED) is 0.395. The third-order valence-electron chi connectivity index (χ3n) is 5.40. The summed E-state index contributed by atoms with van der Waals surface area (Å²) in [6.45, 7) is 9.25. The number of carbonyl (C=O) groups is 2. The first-order valence-corrected chi connectivity index (χ1v) is 11.8. The summed E-state index contributed by atoms with van der Waals surface area (Å²) in [6, 6.07) is 13.4. The Morgan fingerprint density at radius 1 is 1.11 bits per heavy atom. The van der Waals surface area contributed by atoms with E-state index in [1.54, 1.807) is 24.3 Å². The van der Waals surface area contributed by atoms with Crippen LogP contribution in [0.25, 0.3) is 11.6 Å². The monoisotopic (exact) mass is 490 g/mol. The van der Waals surface area contributed by atoms with Crippen molar-refractivity contribution < 1.29 is 18.4 Å². The minimum absolute atomic E-state index is 0.248. The molecule has 3 aromatic heterocycles. The minimum atomic E-state index is -1.05. The molecule has 0 unspecified atom stereocenters. The van der Waals surface area contributed by atoms with Gasteiger partial charge < -0.3 is 14.2 Å². The third kappa shape index (κ3) is 5.70. The molecule has 0 radical (unpaired) electrons. The van der Waals surface area contributed by atoms with E-state index in [-0.39, 0.29) is 18.3 Å². The fraction of sp³-hybridized carbons (Fsp3) is 0.346. The van der Waals surface area contributed by atoms with Gasteiger partial charge in [0.1, 0.15) is 18.1 Å². The number of nitrogens with zero attached hydrogens (tertiary/aromatic N) is 5. The second-order valence-corrected chi connectivity index (χ2v) is 9.49. The van der Waals surface area contributed by atoms with E-state index in [1.165, 1.54) is 16.0 Å². The van der Waals surface area contributed by atoms with Crippen molar-refractivity contribution in [3.8, 4) is 11.6 Å². The lowest BCUT2D eigenvalue weighted by molar-refractivity contribution is -0.128. The fourth-order valence-electron chi connectivity index (χ4n) is 3.75. The summed E-state index contributed by atoms with van der Waals surface area (Å²) in [7, 11) is 0. The van der Waals surface area contributed by atoms with Crippen LogP contribution in [0.3, 0.4) is 0 Å². The summed E-state index contributed by atoms with van der Waals surface area (Å²) >= 11 is 0. The maximum absolute atomic E-state index is 13.8. The van der Waals surface area contributed by atoms with Gasteiger partial charge in [-0.2, -0.15) is 4.80 Å². The van der Waals surface area contributed by atoms with Gasteiger partial charge in [0.15, 0.2) is 11.8 Å². The number of anilines is 1. The topological polar surface area (TPSA) is 119 Å². The highest BCUT2D eigenvalue weighted by atomic mass is 16.3. The van der Waals surface area contributed by atoms with Gasteiger partial charge in [-0.1, -0.05) is 19.1 Å². The van der Waals surface area contributed by atoms with E-state index >= 15 is 0 Å². The van der Waals surface area contributed by atoms with Gasteiger partial charge in [0.25, 0.3) is 11.8 Å². The molecular formula is C26H30N6O4. The van der Waals surface area contributed by atoms with Crippen molar-refractivity contribution in [1.29, 1.82) is 0 Å². The van der Waals surface area contributed by atoms with Crippen LogP contribution in [-0.2, 0) is 22.6 Å². The molecule has 1 aromatic carbocycles. The van der Waals surface area contributed by atoms with E-state index in [0.717, 1.165) is 12.0 Å². The van der Waals surface area contributed by atoms with E-state index in [0.29, 0.717) is 23.0 Å². The Morgan fingerprint density at radius 3 is 2.44 bits per heavy atom. The molecule has 0 fully saturated rings. The number of benzene rings is 1. The summed E-state index contributed by atoms with van der Waals surface area (Å²) in [5.74, 6) is 0.986. The summed E-state index contributed by atoms with van der Waals surface area (Å²) in [5.41, 5.74) is 1.13. The molecule has 4 rings (SSSR count). The number of amides is 2. The molecule has 0 saturated carbocycles. The van der Waals surface area contributed by atoms with Gasteiger partial charge in [0.2, 0.25) is 5.82 Å². The molecule has 0 bridgehead atoms. The van der Waals surface area contributed by atoms with Crippen LogP contribution in [0.15, 0.2) is 63.6 Å². The van der Waals surface area contributed by atoms with Gasteiger partial charge in [0, 0.05) is 11.2 Å². The molecule has 0 aliphatic rings. The summed E-state index contributed by atoms with van der Waals surface area (Å²) < 4.78 is 11.2. The number of tetrazole rings is 1. The molecule has 10 heteroatoms. The zero-order chi connectivity index (χ0) is 25.9. The second kappa shape index (κ2) is 10.2. The Balaban J connectivity index is 1.71. The number of nitrogens with one attached hydrogen (secondary N) is 1. The molecule has 3 heterocycles. The van der Waals surface area contributed by atoms with Gasteiger partial charge in [-0.3, -0.25) is 14.5 Å². The highest BCUT2D eigenvalue weighted by molar-refractivity contribution is 6.01. The smallest absolute Gasteiger partial charge is 0.251 e. The predicted octanol–water partition coefficient (Wildman–Crippen LogP) is 4.09. The van der Waals surface area contributed by atoms with E-state index < -0.39 is 17.5 Å². The Morgan fingerprint density at radius 2 is 1.86 bits per heavy atom. The summed E-state index contributed by atoms with van der Waals surface area (Å²) in [6.07, 6.45) is 2.32. The van der Waals surface area contributed by atoms with Gasteiger partial charge in [-0.15, -0.1) is 10.2 Å². The van der Waals surface area contributed by atoms with Gasteiger partial charge in [-0.25, -0.2) is 0 Å². The normalized spacial score (nSPS) is 12.4. The van der Waals surface area contributed by atoms with Crippen LogP contribution in [0.5, 0.6) is 0 Å². The Kier molecular flexibility index (Phi) is 7.05. The first-order valence-electron chi connectivity index (χ1n) is 11.8. The minimum Gasteiger partial charge on any atom is -0.467 e. The summed E-state index contributed by atoms with van der Waals surface area (Å²) in [4.78, 5) is 29.9. The Labute approximate surface area is 209 Å². The third-order valence-corrected chi connectivity index (χ3v) is 5.40. The van der Waals surface area contributed by atoms with Crippen molar-refractivity contribution in [1.82, 2.24) is 25.5 Å². The molecule has 4 aromatic rings. The average molecular weight is 491 g/mol. The largest absolute Gasteiger partial charge is 0.467 e. The Bertz CT molecular complexity index is 1320. The highest BCUT2D eigenvalue weighted by Gasteiger charge is 2.36. The maximum atomic E-state index is 13.8. The lowest BCUT2D eigenvalue weighted by Gasteiger charge is -2.32. The SMILES string of the molecule is CCc1ccc(N(C(=O)Cn2nnc(-c3ccc(C)o3)n2)[C@H](C(=O)NC(C)(C)C)c2ccco2)cc1. The van der Waals surface area contributed by atoms with Crippen molar-refractivity contribution in [2.45, 2.75) is 59.2 Å². The van der Waals surface area contributed by atoms with Crippen molar-refractivity contribution in [2.24, 2.45) is 0 Å². The zero-order valence-corrected chi connectivity index (χ0v) is 21.1. The van der Waals surface area contributed by atoms with Crippen LogP contribution in [0, 0.1) is 6.92 Å². The van der Waals surface area contributed by atoms with Crippen molar-refractivity contribution >= 4 is 17.5 Å².